The van der Waals surface area contributed by atoms with Crippen molar-refractivity contribution >= 4 is 44.9 Å². The fourth-order valence-corrected chi connectivity index (χ4v) is 5.92. The van der Waals surface area contributed by atoms with Gasteiger partial charge in [0.05, 0.1) is 34.4 Å². The van der Waals surface area contributed by atoms with Crippen molar-refractivity contribution < 1.29 is 27.3 Å². The average molecular weight is 599 g/mol. The summed E-state index contributed by atoms with van der Waals surface area (Å²) >= 11 is 7.19. The smallest absolute Gasteiger partial charge is 0.442 e. The van der Waals surface area contributed by atoms with Crippen molar-refractivity contribution in [3.05, 3.63) is 65.1 Å². The summed E-state index contributed by atoms with van der Waals surface area (Å²) in [6.45, 7) is 3.74. The zero-order valence-corrected chi connectivity index (χ0v) is 24.0. The normalized spacial score (nSPS) is 12.7. The van der Waals surface area contributed by atoms with Crippen LogP contribution in [-0.4, -0.2) is 45.0 Å². The molecule has 0 spiro atoms. The number of nitrogens with zero attached hydrogens (tertiary/aromatic N) is 3. The minimum atomic E-state index is -2.88. The Kier molecular flexibility index (Phi) is 10.9. The number of unbranched alkanes of at least 4 members (excludes halogenated alkanes) is 1. The first-order valence-electron chi connectivity index (χ1n) is 12.0. The van der Waals surface area contributed by atoms with Gasteiger partial charge < -0.3 is 15.2 Å². The maximum atomic E-state index is 14.3. The first kappa shape index (κ1) is 30.6. The molecule has 0 saturated carbocycles. The molecule has 0 aliphatic rings. The van der Waals surface area contributed by atoms with Crippen molar-refractivity contribution in [1.29, 1.82) is 0 Å². The summed E-state index contributed by atoms with van der Waals surface area (Å²) in [5.74, 6) is 0.0379. The number of anilines is 1. The summed E-state index contributed by atoms with van der Waals surface area (Å²) in [6.07, 6.45) is 2.54. The van der Waals surface area contributed by atoms with Crippen LogP contribution in [0, 0.1) is 11.6 Å². The summed E-state index contributed by atoms with van der Waals surface area (Å²) in [6, 6.07) is 9.05. The summed E-state index contributed by atoms with van der Waals surface area (Å²) in [4.78, 5) is 19.9. The second-order valence-corrected chi connectivity index (χ2v) is 12.8. The van der Waals surface area contributed by atoms with Crippen LogP contribution in [0.4, 0.5) is 19.3 Å². The Morgan fingerprint density at radius 3 is 2.72 bits per heavy atom. The molecule has 0 fully saturated rings. The van der Waals surface area contributed by atoms with Gasteiger partial charge in [-0.05, 0) is 79.9 Å². The summed E-state index contributed by atoms with van der Waals surface area (Å²) < 4.78 is 55.4. The molecule has 1 atom stereocenters. The van der Waals surface area contributed by atoms with Crippen LogP contribution in [0.25, 0.3) is 11.3 Å². The van der Waals surface area contributed by atoms with E-state index >= 15 is 0 Å². The third-order valence-corrected chi connectivity index (χ3v) is 7.73. The number of benzene rings is 2. The van der Waals surface area contributed by atoms with E-state index in [-0.39, 0.29) is 22.8 Å². The molecule has 0 saturated heterocycles. The SMILES string of the molecule is CC(C)OC(=O)N=S(C)(=O)Cc1cc(N)cc(OCCCCSc2cc(F)ccc2-c2nc(Cl)ncc2F)c1. The molecule has 3 rings (SSSR count). The molecule has 39 heavy (non-hydrogen) atoms. The number of amides is 1. The highest BCUT2D eigenvalue weighted by Gasteiger charge is 2.15. The van der Waals surface area contributed by atoms with Crippen LogP contribution in [-0.2, 0) is 20.2 Å². The maximum Gasteiger partial charge on any atom is 0.442 e. The third-order valence-electron chi connectivity index (χ3n) is 5.01. The van der Waals surface area contributed by atoms with E-state index in [0.717, 1.165) is 12.6 Å². The van der Waals surface area contributed by atoms with Gasteiger partial charge in [-0.3, -0.25) is 0 Å². The molecule has 1 aromatic heterocycles. The number of hydrogen-bond donors (Lipinski definition) is 1. The van der Waals surface area contributed by atoms with Crippen molar-refractivity contribution in [2.75, 3.05) is 24.3 Å². The Morgan fingerprint density at radius 1 is 1.21 bits per heavy atom. The van der Waals surface area contributed by atoms with E-state index in [1.165, 1.54) is 36.2 Å². The molecule has 1 amide bonds. The number of ether oxygens (including phenoxy) is 2. The number of aromatic nitrogens is 2. The van der Waals surface area contributed by atoms with Gasteiger partial charge in [-0.1, -0.05) is 0 Å². The lowest BCUT2D eigenvalue weighted by Gasteiger charge is -2.12. The molecule has 0 aliphatic carbocycles. The molecule has 1 unspecified atom stereocenters. The lowest BCUT2D eigenvalue weighted by Crippen LogP contribution is -2.11. The molecule has 8 nitrogen and oxygen atoms in total. The van der Waals surface area contributed by atoms with E-state index < -0.39 is 27.5 Å². The Morgan fingerprint density at radius 2 is 1.97 bits per heavy atom. The molecule has 0 aliphatic heterocycles. The largest absolute Gasteiger partial charge is 0.494 e. The number of nitrogen functional groups attached to an aromatic ring is 1. The van der Waals surface area contributed by atoms with Crippen LogP contribution >= 0.6 is 23.4 Å². The first-order valence-corrected chi connectivity index (χ1v) is 15.4. The standard InChI is InChI=1S/C26H29ClF2N4O4S2/c1-16(2)37-26(34)33-39(3,35)15-17-10-19(30)13-20(11-17)36-8-4-5-9-38-23-12-18(28)6-7-21(23)24-22(29)14-31-25(27)32-24/h6-7,10-14,16H,4-5,8-9,15,30H2,1-3H3. The van der Waals surface area contributed by atoms with E-state index in [1.54, 1.807) is 32.0 Å². The van der Waals surface area contributed by atoms with Gasteiger partial charge in [-0.25, -0.2) is 27.8 Å². The first-order chi connectivity index (χ1) is 18.4. The number of rotatable bonds is 11. The second kappa shape index (κ2) is 13.9. The predicted octanol–water partition coefficient (Wildman–Crippen LogP) is 6.75. The molecule has 0 radical (unpaired) electrons. The lowest BCUT2D eigenvalue weighted by atomic mass is 10.1. The molecule has 210 valence electrons. The Balaban J connectivity index is 1.55. The van der Waals surface area contributed by atoms with Crippen molar-refractivity contribution in [3.63, 3.8) is 0 Å². The lowest BCUT2D eigenvalue weighted by molar-refractivity contribution is 0.126. The van der Waals surface area contributed by atoms with Gasteiger partial charge in [0.25, 0.3) is 0 Å². The molecule has 1 heterocycles. The van der Waals surface area contributed by atoms with Crippen LogP contribution in [0.3, 0.4) is 0 Å². The van der Waals surface area contributed by atoms with Crippen molar-refractivity contribution in [2.45, 2.75) is 43.4 Å². The number of hydrogen-bond acceptors (Lipinski definition) is 8. The Bertz CT molecular complexity index is 1450. The zero-order valence-electron chi connectivity index (χ0n) is 21.7. The molecule has 2 N–H and O–H groups in total. The van der Waals surface area contributed by atoms with E-state index in [2.05, 4.69) is 14.3 Å². The zero-order chi connectivity index (χ0) is 28.6. The van der Waals surface area contributed by atoms with E-state index in [1.807, 2.05) is 0 Å². The molecule has 13 heteroatoms. The van der Waals surface area contributed by atoms with Crippen LogP contribution in [0.15, 0.2) is 51.9 Å². The second-order valence-electron chi connectivity index (χ2n) is 8.92. The number of halogens is 3. The van der Waals surface area contributed by atoms with Crippen molar-refractivity contribution in [3.8, 4) is 17.0 Å². The highest BCUT2D eigenvalue weighted by molar-refractivity contribution is 7.99. The topological polar surface area (TPSA) is 117 Å². The van der Waals surface area contributed by atoms with Gasteiger partial charge in [-0.2, -0.15) is 0 Å². The van der Waals surface area contributed by atoms with Gasteiger partial charge in [0.1, 0.15) is 17.3 Å². The molecule has 2 aromatic carbocycles. The molecular weight excluding hydrogens is 570 g/mol. The Hall–Kier alpha value is -2.96. The number of nitrogens with two attached hydrogens (primary N) is 1. The van der Waals surface area contributed by atoms with E-state index in [0.29, 0.717) is 46.2 Å². The van der Waals surface area contributed by atoms with Gasteiger partial charge in [0, 0.05) is 28.5 Å². The van der Waals surface area contributed by atoms with Crippen molar-refractivity contribution in [2.24, 2.45) is 4.36 Å². The maximum absolute atomic E-state index is 14.3. The monoisotopic (exact) mass is 598 g/mol. The van der Waals surface area contributed by atoms with Gasteiger partial charge in [0.15, 0.2) is 5.82 Å². The minimum Gasteiger partial charge on any atom is -0.494 e. The Labute approximate surface area is 235 Å². The highest BCUT2D eigenvalue weighted by Crippen LogP contribution is 2.33. The van der Waals surface area contributed by atoms with Crippen LogP contribution in [0.1, 0.15) is 32.3 Å². The van der Waals surface area contributed by atoms with E-state index in [4.69, 9.17) is 26.8 Å². The number of thioether (sulfide) groups is 1. The van der Waals surface area contributed by atoms with E-state index in [9.17, 15) is 17.8 Å². The van der Waals surface area contributed by atoms with Crippen LogP contribution < -0.4 is 10.5 Å². The number of carbonyl (C=O) groups is 1. The van der Waals surface area contributed by atoms with Gasteiger partial charge >= 0.3 is 6.09 Å². The fraction of sp³-hybridized carbons (Fsp3) is 0.346. The molecular formula is C26H29ClF2N4O4S2. The average Bonchev–Trinajstić information content (AvgIpc) is 2.81. The van der Waals surface area contributed by atoms with Gasteiger partial charge in [0.2, 0.25) is 5.28 Å². The van der Waals surface area contributed by atoms with Crippen molar-refractivity contribution in [1.82, 2.24) is 9.97 Å². The fourth-order valence-electron chi connectivity index (χ4n) is 3.50. The highest BCUT2D eigenvalue weighted by atomic mass is 35.5. The summed E-state index contributed by atoms with van der Waals surface area (Å²) in [5, 5.41) is -0.0992. The number of carbonyl (C=O) groups excluding carboxylic acids is 1. The predicted molar refractivity (Wildman–Crippen MR) is 151 cm³/mol. The molecule has 0 bridgehead atoms. The summed E-state index contributed by atoms with van der Waals surface area (Å²) in [5.41, 5.74) is 7.47. The van der Waals surface area contributed by atoms with Crippen LogP contribution in [0.5, 0.6) is 5.75 Å². The minimum absolute atomic E-state index is 0.00629. The van der Waals surface area contributed by atoms with Gasteiger partial charge in [-0.15, -0.1) is 16.1 Å². The third kappa shape index (κ3) is 9.94. The van der Waals surface area contributed by atoms with Crippen LogP contribution in [0.2, 0.25) is 5.28 Å². The molecule has 3 aromatic rings. The quantitative estimate of drug-likeness (QED) is 0.111. The summed E-state index contributed by atoms with van der Waals surface area (Å²) in [7, 11) is -2.88.